The standard InChI is InChI=1S/C10H20N2O2/c1-12(10(13)14-2)9-5-3-4-8(6-9)7-11/h8-9H,3-7,11H2,1-2H3. The van der Waals surface area contributed by atoms with Crippen LogP contribution in [-0.4, -0.2) is 37.7 Å². The highest BCUT2D eigenvalue weighted by Crippen LogP contribution is 2.26. The minimum Gasteiger partial charge on any atom is -0.453 e. The molecule has 0 radical (unpaired) electrons. The van der Waals surface area contributed by atoms with Gasteiger partial charge in [-0.15, -0.1) is 0 Å². The van der Waals surface area contributed by atoms with Crippen molar-refractivity contribution in [1.29, 1.82) is 0 Å². The molecule has 0 heterocycles. The van der Waals surface area contributed by atoms with Gasteiger partial charge in [0.05, 0.1) is 7.11 Å². The summed E-state index contributed by atoms with van der Waals surface area (Å²) >= 11 is 0. The van der Waals surface area contributed by atoms with Gasteiger partial charge in [-0.3, -0.25) is 0 Å². The topological polar surface area (TPSA) is 55.6 Å². The number of nitrogens with two attached hydrogens (primary N) is 1. The van der Waals surface area contributed by atoms with Gasteiger partial charge in [-0.2, -0.15) is 0 Å². The molecule has 4 nitrogen and oxygen atoms in total. The van der Waals surface area contributed by atoms with Crippen LogP contribution in [0.4, 0.5) is 4.79 Å². The third-order valence-electron chi connectivity index (χ3n) is 3.10. The summed E-state index contributed by atoms with van der Waals surface area (Å²) < 4.78 is 4.69. The summed E-state index contributed by atoms with van der Waals surface area (Å²) in [4.78, 5) is 13.0. The zero-order valence-electron chi connectivity index (χ0n) is 9.03. The van der Waals surface area contributed by atoms with Crippen LogP contribution in [0.5, 0.6) is 0 Å². The van der Waals surface area contributed by atoms with E-state index in [1.54, 1.807) is 11.9 Å². The summed E-state index contributed by atoms with van der Waals surface area (Å²) in [5, 5.41) is 0. The number of ether oxygens (including phenoxy) is 1. The first-order valence-corrected chi connectivity index (χ1v) is 5.20. The van der Waals surface area contributed by atoms with Crippen molar-refractivity contribution in [2.45, 2.75) is 31.7 Å². The molecule has 0 bridgehead atoms. The van der Waals surface area contributed by atoms with Gasteiger partial charge in [0, 0.05) is 13.1 Å². The molecular formula is C10H20N2O2. The fourth-order valence-corrected chi connectivity index (χ4v) is 2.12. The minimum absolute atomic E-state index is 0.243. The van der Waals surface area contributed by atoms with E-state index in [0.717, 1.165) is 25.8 Å². The number of carbonyl (C=O) groups is 1. The van der Waals surface area contributed by atoms with Gasteiger partial charge in [0.1, 0.15) is 0 Å². The second-order valence-corrected chi connectivity index (χ2v) is 4.00. The highest BCUT2D eigenvalue weighted by molar-refractivity contribution is 5.67. The molecule has 1 amide bonds. The fraction of sp³-hybridized carbons (Fsp3) is 0.900. The van der Waals surface area contributed by atoms with Crippen molar-refractivity contribution in [3.63, 3.8) is 0 Å². The van der Waals surface area contributed by atoms with Crippen LogP contribution in [0, 0.1) is 5.92 Å². The average Bonchev–Trinajstić information content (AvgIpc) is 2.27. The molecule has 4 heteroatoms. The van der Waals surface area contributed by atoms with E-state index in [0.29, 0.717) is 12.0 Å². The Morgan fingerprint density at radius 2 is 2.29 bits per heavy atom. The maximum absolute atomic E-state index is 11.3. The van der Waals surface area contributed by atoms with Gasteiger partial charge in [-0.1, -0.05) is 6.42 Å². The Kier molecular flexibility index (Phi) is 4.20. The molecule has 0 aromatic carbocycles. The van der Waals surface area contributed by atoms with Gasteiger partial charge in [0.25, 0.3) is 0 Å². The number of methoxy groups -OCH3 is 1. The first-order valence-electron chi connectivity index (χ1n) is 5.20. The van der Waals surface area contributed by atoms with Crippen molar-refractivity contribution in [1.82, 2.24) is 4.90 Å². The molecule has 0 spiro atoms. The molecule has 2 N–H and O–H groups in total. The van der Waals surface area contributed by atoms with Crippen molar-refractivity contribution in [3.05, 3.63) is 0 Å². The van der Waals surface area contributed by atoms with E-state index >= 15 is 0 Å². The van der Waals surface area contributed by atoms with E-state index in [1.165, 1.54) is 13.5 Å². The molecule has 0 aromatic heterocycles. The van der Waals surface area contributed by atoms with Crippen molar-refractivity contribution in [3.8, 4) is 0 Å². The molecule has 0 saturated heterocycles. The van der Waals surface area contributed by atoms with Crippen LogP contribution in [0.25, 0.3) is 0 Å². The van der Waals surface area contributed by atoms with Crippen molar-refractivity contribution < 1.29 is 9.53 Å². The van der Waals surface area contributed by atoms with Crippen LogP contribution >= 0.6 is 0 Å². The zero-order chi connectivity index (χ0) is 10.6. The van der Waals surface area contributed by atoms with Crippen molar-refractivity contribution in [2.75, 3.05) is 20.7 Å². The lowest BCUT2D eigenvalue weighted by molar-refractivity contribution is 0.0998. The van der Waals surface area contributed by atoms with E-state index in [2.05, 4.69) is 4.74 Å². The van der Waals surface area contributed by atoms with Crippen molar-refractivity contribution >= 4 is 6.09 Å². The van der Waals surface area contributed by atoms with E-state index in [1.807, 2.05) is 0 Å². The van der Waals surface area contributed by atoms with Gasteiger partial charge in [-0.05, 0) is 31.7 Å². The van der Waals surface area contributed by atoms with Crippen LogP contribution in [0.1, 0.15) is 25.7 Å². The van der Waals surface area contributed by atoms with Gasteiger partial charge in [-0.25, -0.2) is 4.79 Å². The van der Waals surface area contributed by atoms with Gasteiger partial charge in [0.15, 0.2) is 0 Å². The average molecular weight is 200 g/mol. The largest absolute Gasteiger partial charge is 0.453 e. The monoisotopic (exact) mass is 200 g/mol. The Hall–Kier alpha value is -0.770. The minimum atomic E-state index is -0.243. The summed E-state index contributed by atoms with van der Waals surface area (Å²) in [6, 6.07) is 0.310. The lowest BCUT2D eigenvalue weighted by Gasteiger charge is -2.34. The third-order valence-corrected chi connectivity index (χ3v) is 3.10. The predicted molar refractivity (Wildman–Crippen MR) is 55.0 cm³/mol. The molecule has 2 atom stereocenters. The molecule has 0 aliphatic heterocycles. The van der Waals surface area contributed by atoms with Crippen molar-refractivity contribution in [2.24, 2.45) is 11.7 Å². The number of hydrogen-bond donors (Lipinski definition) is 1. The number of hydrogen-bond acceptors (Lipinski definition) is 3. The summed E-state index contributed by atoms with van der Waals surface area (Å²) in [7, 11) is 3.22. The molecule has 1 aliphatic rings. The lowest BCUT2D eigenvalue weighted by Crippen LogP contribution is -2.41. The Morgan fingerprint density at radius 1 is 1.57 bits per heavy atom. The summed E-state index contributed by atoms with van der Waals surface area (Å²) in [5.74, 6) is 0.570. The van der Waals surface area contributed by atoms with E-state index in [-0.39, 0.29) is 6.09 Å². The summed E-state index contributed by atoms with van der Waals surface area (Å²) in [6.45, 7) is 0.728. The summed E-state index contributed by atoms with van der Waals surface area (Å²) in [6.07, 6.45) is 4.20. The third kappa shape index (κ3) is 2.61. The number of carbonyl (C=O) groups excluding carboxylic acids is 1. The molecule has 2 unspecified atom stereocenters. The van der Waals surface area contributed by atoms with Gasteiger partial charge >= 0.3 is 6.09 Å². The quantitative estimate of drug-likeness (QED) is 0.728. The first kappa shape index (κ1) is 11.3. The molecular weight excluding hydrogens is 180 g/mol. The molecule has 1 saturated carbocycles. The van der Waals surface area contributed by atoms with Crippen LogP contribution in [-0.2, 0) is 4.74 Å². The van der Waals surface area contributed by atoms with Crippen LogP contribution in [0.3, 0.4) is 0 Å². The Bertz CT molecular complexity index is 197. The summed E-state index contributed by atoms with van der Waals surface area (Å²) in [5.41, 5.74) is 5.64. The molecule has 1 fully saturated rings. The maximum Gasteiger partial charge on any atom is 0.409 e. The Balaban J connectivity index is 2.46. The van der Waals surface area contributed by atoms with Crippen LogP contribution < -0.4 is 5.73 Å². The van der Waals surface area contributed by atoms with E-state index in [4.69, 9.17) is 5.73 Å². The smallest absolute Gasteiger partial charge is 0.409 e. The SMILES string of the molecule is COC(=O)N(C)C1CCCC(CN)C1. The normalized spacial score (nSPS) is 27.1. The van der Waals surface area contributed by atoms with E-state index in [9.17, 15) is 4.79 Å². The first-order chi connectivity index (χ1) is 6.69. The second-order valence-electron chi connectivity index (χ2n) is 4.00. The van der Waals surface area contributed by atoms with Crippen LogP contribution in [0.15, 0.2) is 0 Å². The Labute approximate surface area is 85.4 Å². The second kappa shape index (κ2) is 5.20. The molecule has 1 aliphatic carbocycles. The highest BCUT2D eigenvalue weighted by atomic mass is 16.5. The highest BCUT2D eigenvalue weighted by Gasteiger charge is 2.26. The number of amides is 1. The fourth-order valence-electron chi connectivity index (χ4n) is 2.12. The number of rotatable bonds is 2. The lowest BCUT2D eigenvalue weighted by atomic mass is 9.85. The molecule has 0 aromatic rings. The van der Waals surface area contributed by atoms with E-state index < -0.39 is 0 Å². The van der Waals surface area contributed by atoms with Crippen LogP contribution in [0.2, 0.25) is 0 Å². The van der Waals surface area contributed by atoms with Gasteiger partial charge < -0.3 is 15.4 Å². The van der Waals surface area contributed by atoms with Gasteiger partial charge in [0.2, 0.25) is 0 Å². The molecule has 82 valence electrons. The zero-order valence-corrected chi connectivity index (χ0v) is 9.03. The number of nitrogens with zero attached hydrogens (tertiary/aromatic N) is 1. The predicted octanol–water partition coefficient (Wildman–Crippen LogP) is 1.20. The molecule has 14 heavy (non-hydrogen) atoms. The Morgan fingerprint density at radius 3 is 2.86 bits per heavy atom. The maximum atomic E-state index is 11.3. The molecule has 1 rings (SSSR count).